The number of hydrogen-bond donors (Lipinski definition) is 1. The Morgan fingerprint density at radius 1 is 1.59 bits per heavy atom. The zero-order chi connectivity index (χ0) is 12.5. The van der Waals surface area contributed by atoms with Gasteiger partial charge in [-0.1, -0.05) is 18.5 Å². The van der Waals surface area contributed by atoms with Crippen LogP contribution in [0.3, 0.4) is 0 Å². The van der Waals surface area contributed by atoms with Gasteiger partial charge in [0.1, 0.15) is 11.0 Å². The third kappa shape index (κ3) is 2.49. The standard InChI is InChI=1S/C11H14ClN3O2/c1-2-11(4-3-5-11)14-10-7-8(15(16)17)6-9(12)13-10/h6-7H,2-5H2,1H3,(H,13,14). The lowest BCUT2D eigenvalue weighted by atomic mass is 9.75. The summed E-state index contributed by atoms with van der Waals surface area (Å²) >= 11 is 5.77. The largest absolute Gasteiger partial charge is 0.364 e. The number of pyridine rings is 1. The maximum atomic E-state index is 10.7. The molecule has 0 spiro atoms. The summed E-state index contributed by atoms with van der Waals surface area (Å²) in [6.45, 7) is 2.10. The number of nitrogens with one attached hydrogen (secondary N) is 1. The maximum Gasteiger partial charge on any atom is 0.276 e. The number of nitro groups is 1. The Morgan fingerprint density at radius 2 is 2.29 bits per heavy atom. The van der Waals surface area contributed by atoms with Gasteiger partial charge in [-0.05, 0) is 25.7 Å². The molecule has 1 N–H and O–H groups in total. The van der Waals surface area contributed by atoms with Crippen molar-refractivity contribution in [2.24, 2.45) is 0 Å². The van der Waals surface area contributed by atoms with Gasteiger partial charge in [0.05, 0.1) is 17.1 Å². The lowest BCUT2D eigenvalue weighted by molar-refractivity contribution is -0.384. The highest BCUT2D eigenvalue weighted by Gasteiger charge is 2.35. The molecule has 5 nitrogen and oxygen atoms in total. The fourth-order valence-corrected chi connectivity index (χ4v) is 2.30. The van der Waals surface area contributed by atoms with Crippen molar-refractivity contribution in [3.63, 3.8) is 0 Å². The molecule has 1 heterocycles. The summed E-state index contributed by atoms with van der Waals surface area (Å²) in [5, 5.41) is 14.1. The van der Waals surface area contributed by atoms with Crippen LogP contribution in [-0.2, 0) is 0 Å². The highest BCUT2D eigenvalue weighted by atomic mass is 35.5. The molecule has 0 bridgehead atoms. The Bertz CT molecular complexity index is 441. The fourth-order valence-electron chi connectivity index (χ4n) is 2.10. The number of anilines is 1. The molecule has 1 fully saturated rings. The number of halogens is 1. The van der Waals surface area contributed by atoms with Crippen LogP contribution in [0.1, 0.15) is 32.6 Å². The van der Waals surface area contributed by atoms with E-state index < -0.39 is 4.92 Å². The van der Waals surface area contributed by atoms with Crippen LogP contribution in [0.5, 0.6) is 0 Å². The first-order valence-corrected chi connectivity index (χ1v) is 6.03. The van der Waals surface area contributed by atoms with Crippen molar-refractivity contribution < 1.29 is 4.92 Å². The molecule has 1 aliphatic rings. The molecular formula is C11H14ClN3O2. The molecule has 1 aromatic heterocycles. The summed E-state index contributed by atoms with van der Waals surface area (Å²) < 4.78 is 0. The highest BCUT2D eigenvalue weighted by molar-refractivity contribution is 6.29. The average molecular weight is 256 g/mol. The summed E-state index contributed by atoms with van der Waals surface area (Å²) in [5.41, 5.74) is 0.0176. The van der Waals surface area contributed by atoms with Gasteiger partial charge in [-0.2, -0.15) is 0 Å². The van der Waals surface area contributed by atoms with Gasteiger partial charge < -0.3 is 5.32 Å². The van der Waals surface area contributed by atoms with E-state index in [0.29, 0.717) is 5.82 Å². The number of nitrogens with zero attached hydrogens (tertiary/aromatic N) is 2. The fraction of sp³-hybridized carbons (Fsp3) is 0.545. The van der Waals surface area contributed by atoms with Crippen molar-refractivity contribution in [3.05, 3.63) is 27.4 Å². The molecule has 17 heavy (non-hydrogen) atoms. The molecule has 0 aliphatic heterocycles. The monoisotopic (exact) mass is 255 g/mol. The summed E-state index contributed by atoms with van der Waals surface area (Å²) in [6, 6.07) is 2.69. The van der Waals surface area contributed by atoms with E-state index in [1.807, 2.05) is 0 Å². The van der Waals surface area contributed by atoms with Gasteiger partial charge in [0.2, 0.25) is 0 Å². The van der Waals surface area contributed by atoms with Gasteiger partial charge in [-0.25, -0.2) is 4.98 Å². The van der Waals surface area contributed by atoms with E-state index in [1.54, 1.807) is 0 Å². The van der Waals surface area contributed by atoms with Crippen LogP contribution in [0.2, 0.25) is 5.15 Å². The van der Waals surface area contributed by atoms with E-state index in [4.69, 9.17) is 11.6 Å². The molecule has 0 aromatic carbocycles. The topological polar surface area (TPSA) is 68.1 Å². The third-order valence-corrected chi connectivity index (χ3v) is 3.56. The SMILES string of the molecule is CCC1(Nc2cc([N+](=O)[O-])cc(Cl)n2)CCC1. The summed E-state index contributed by atoms with van der Waals surface area (Å²) in [5.74, 6) is 0.491. The lowest BCUT2D eigenvalue weighted by Gasteiger charge is -2.42. The van der Waals surface area contributed by atoms with Gasteiger partial charge in [0.25, 0.3) is 5.69 Å². The quantitative estimate of drug-likeness (QED) is 0.509. The molecule has 1 aromatic rings. The van der Waals surface area contributed by atoms with Crippen molar-refractivity contribution in [3.8, 4) is 0 Å². The third-order valence-electron chi connectivity index (χ3n) is 3.37. The second-order valence-electron chi connectivity index (χ2n) is 4.40. The second kappa shape index (κ2) is 4.49. The van der Waals surface area contributed by atoms with E-state index in [1.165, 1.54) is 18.6 Å². The Morgan fingerprint density at radius 3 is 2.76 bits per heavy atom. The maximum absolute atomic E-state index is 10.7. The minimum Gasteiger partial charge on any atom is -0.364 e. The van der Waals surface area contributed by atoms with Crippen molar-refractivity contribution in [2.45, 2.75) is 38.1 Å². The zero-order valence-electron chi connectivity index (χ0n) is 9.57. The first-order valence-electron chi connectivity index (χ1n) is 5.65. The molecule has 92 valence electrons. The molecule has 6 heteroatoms. The van der Waals surface area contributed by atoms with Crippen LogP contribution in [0, 0.1) is 10.1 Å². The first-order chi connectivity index (χ1) is 8.04. The van der Waals surface area contributed by atoms with Crippen LogP contribution < -0.4 is 5.32 Å². The van der Waals surface area contributed by atoms with Gasteiger partial charge in [-0.15, -0.1) is 0 Å². The molecular weight excluding hydrogens is 242 g/mol. The molecule has 0 radical (unpaired) electrons. The number of aromatic nitrogens is 1. The minimum atomic E-state index is -0.460. The van der Waals surface area contributed by atoms with Crippen LogP contribution in [-0.4, -0.2) is 15.4 Å². The molecule has 1 aliphatic carbocycles. The average Bonchev–Trinajstić information content (AvgIpc) is 2.22. The summed E-state index contributed by atoms with van der Waals surface area (Å²) in [7, 11) is 0. The molecule has 0 atom stereocenters. The smallest absolute Gasteiger partial charge is 0.276 e. The van der Waals surface area contributed by atoms with Crippen LogP contribution in [0.15, 0.2) is 12.1 Å². The molecule has 0 saturated heterocycles. The molecule has 1 saturated carbocycles. The number of hydrogen-bond acceptors (Lipinski definition) is 4. The molecule has 0 unspecified atom stereocenters. The molecule has 2 rings (SSSR count). The predicted octanol–water partition coefficient (Wildman–Crippen LogP) is 3.39. The van der Waals surface area contributed by atoms with E-state index >= 15 is 0 Å². The van der Waals surface area contributed by atoms with E-state index in [9.17, 15) is 10.1 Å². The highest BCUT2D eigenvalue weighted by Crippen LogP contribution is 2.38. The van der Waals surface area contributed by atoms with Crippen molar-refractivity contribution >= 4 is 23.1 Å². The van der Waals surface area contributed by atoms with Gasteiger partial charge in [-0.3, -0.25) is 10.1 Å². The molecule has 0 amide bonds. The number of rotatable bonds is 4. The Hall–Kier alpha value is -1.36. The first kappa shape index (κ1) is 12.1. The van der Waals surface area contributed by atoms with E-state index in [-0.39, 0.29) is 16.4 Å². The van der Waals surface area contributed by atoms with Crippen LogP contribution in [0.4, 0.5) is 11.5 Å². The lowest BCUT2D eigenvalue weighted by Crippen LogP contribution is -2.44. The predicted molar refractivity (Wildman–Crippen MR) is 66.4 cm³/mol. The van der Waals surface area contributed by atoms with Crippen LogP contribution >= 0.6 is 11.6 Å². The summed E-state index contributed by atoms with van der Waals surface area (Å²) in [6.07, 6.45) is 4.31. The normalized spacial score (nSPS) is 17.3. The zero-order valence-corrected chi connectivity index (χ0v) is 10.3. The minimum absolute atomic E-state index is 0.0296. The Balaban J connectivity index is 2.23. The van der Waals surface area contributed by atoms with Gasteiger partial charge >= 0.3 is 0 Å². The van der Waals surface area contributed by atoms with Crippen LogP contribution in [0.25, 0.3) is 0 Å². The Labute approximate surface area is 104 Å². The van der Waals surface area contributed by atoms with Crippen molar-refractivity contribution in [1.82, 2.24) is 4.98 Å². The van der Waals surface area contributed by atoms with Gasteiger partial charge in [0, 0.05) is 5.54 Å². The van der Waals surface area contributed by atoms with Crippen molar-refractivity contribution in [2.75, 3.05) is 5.32 Å². The Kier molecular flexibility index (Phi) is 3.19. The summed E-state index contributed by atoms with van der Waals surface area (Å²) in [4.78, 5) is 14.3. The van der Waals surface area contributed by atoms with E-state index in [2.05, 4.69) is 17.2 Å². The second-order valence-corrected chi connectivity index (χ2v) is 4.79. The van der Waals surface area contributed by atoms with Crippen molar-refractivity contribution in [1.29, 1.82) is 0 Å². The van der Waals surface area contributed by atoms with E-state index in [0.717, 1.165) is 19.3 Å². The van der Waals surface area contributed by atoms with Gasteiger partial charge in [0.15, 0.2) is 0 Å².